The van der Waals surface area contributed by atoms with Gasteiger partial charge in [0.2, 0.25) is 0 Å². The van der Waals surface area contributed by atoms with Crippen molar-refractivity contribution in [3.8, 4) is 0 Å². The predicted octanol–water partition coefficient (Wildman–Crippen LogP) is 2.64. The van der Waals surface area contributed by atoms with Crippen LogP contribution in [0.5, 0.6) is 0 Å². The molecule has 0 aliphatic carbocycles. The summed E-state index contributed by atoms with van der Waals surface area (Å²) in [5, 5.41) is 0. The molecule has 1 aliphatic rings. The Morgan fingerprint density at radius 1 is 1.50 bits per heavy atom. The van der Waals surface area contributed by atoms with Gasteiger partial charge < -0.3 is 5.73 Å². The van der Waals surface area contributed by atoms with Gasteiger partial charge in [0.25, 0.3) is 0 Å². The van der Waals surface area contributed by atoms with Crippen LogP contribution in [0.25, 0.3) is 0 Å². The highest BCUT2D eigenvalue weighted by Gasteiger charge is 2.17. The van der Waals surface area contributed by atoms with Gasteiger partial charge in [-0.2, -0.15) is 0 Å². The molecule has 1 saturated heterocycles. The van der Waals surface area contributed by atoms with E-state index in [0.29, 0.717) is 12.1 Å². The lowest BCUT2D eigenvalue weighted by atomic mass is 10.00. The van der Waals surface area contributed by atoms with Crippen LogP contribution < -0.4 is 5.73 Å². The second-order valence-corrected chi connectivity index (χ2v) is 4.80. The SMILES string of the molecule is CC1CCCN(Cc2cccc(N)c2F)C1. The number of halogens is 1. The average Bonchev–Trinajstić information content (AvgIpc) is 2.25. The van der Waals surface area contributed by atoms with E-state index < -0.39 is 0 Å². The second kappa shape index (κ2) is 4.83. The number of rotatable bonds is 2. The zero-order valence-corrected chi connectivity index (χ0v) is 9.75. The Labute approximate surface area is 96.2 Å². The highest BCUT2D eigenvalue weighted by molar-refractivity contribution is 5.42. The number of nitrogens with zero attached hydrogens (tertiary/aromatic N) is 1. The Balaban J connectivity index is 2.05. The third kappa shape index (κ3) is 2.53. The average molecular weight is 222 g/mol. The lowest BCUT2D eigenvalue weighted by Gasteiger charge is -2.30. The summed E-state index contributed by atoms with van der Waals surface area (Å²) in [6.45, 7) is 5.07. The number of hydrogen-bond acceptors (Lipinski definition) is 2. The van der Waals surface area contributed by atoms with Gasteiger partial charge in [0.15, 0.2) is 5.82 Å². The Bertz CT molecular complexity index is 365. The highest BCUT2D eigenvalue weighted by Crippen LogP contribution is 2.21. The van der Waals surface area contributed by atoms with Crippen LogP contribution in [0.2, 0.25) is 0 Å². The molecule has 0 spiro atoms. The number of likely N-dealkylation sites (tertiary alicyclic amines) is 1. The molecule has 16 heavy (non-hydrogen) atoms. The van der Waals surface area contributed by atoms with Gasteiger partial charge in [-0.1, -0.05) is 19.1 Å². The standard InChI is InChI=1S/C13H19FN2/c1-10-4-3-7-16(8-10)9-11-5-2-6-12(15)13(11)14/h2,5-6,10H,3-4,7-9,15H2,1H3. The summed E-state index contributed by atoms with van der Waals surface area (Å²) in [6.07, 6.45) is 2.50. The van der Waals surface area contributed by atoms with Crippen molar-refractivity contribution in [2.75, 3.05) is 18.8 Å². The molecule has 1 aromatic rings. The summed E-state index contributed by atoms with van der Waals surface area (Å²) in [5.41, 5.74) is 6.53. The smallest absolute Gasteiger partial charge is 0.150 e. The maximum Gasteiger partial charge on any atom is 0.150 e. The third-order valence-electron chi connectivity index (χ3n) is 3.24. The van der Waals surface area contributed by atoms with Gasteiger partial charge in [-0.05, 0) is 31.4 Å². The molecule has 1 heterocycles. The number of benzene rings is 1. The van der Waals surface area contributed by atoms with E-state index in [0.717, 1.165) is 19.0 Å². The summed E-state index contributed by atoms with van der Waals surface area (Å²) in [6, 6.07) is 5.25. The van der Waals surface area contributed by atoms with E-state index in [1.54, 1.807) is 6.07 Å². The molecule has 1 aromatic carbocycles. The van der Waals surface area contributed by atoms with Gasteiger partial charge in [-0.25, -0.2) is 4.39 Å². The molecule has 1 unspecified atom stereocenters. The fraction of sp³-hybridized carbons (Fsp3) is 0.538. The molecule has 0 bridgehead atoms. The normalized spacial score (nSPS) is 22.2. The zero-order chi connectivity index (χ0) is 11.5. The van der Waals surface area contributed by atoms with Crippen molar-refractivity contribution in [3.05, 3.63) is 29.6 Å². The van der Waals surface area contributed by atoms with Gasteiger partial charge in [0.1, 0.15) is 0 Å². The van der Waals surface area contributed by atoms with E-state index in [9.17, 15) is 4.39 Å². The monoisotopic (exact) mass is 222 g/mol. The highest BCUT2D eigenvalue weighted by atomic mass is 19.1. The first kappa shape index (κ1) is 11.4. The molecule has 0 amide bonds. The third-order valence-corrected chi connectivity index (χ3v) is 3.24. The Hall–Kier alpha value is -1.09. The number of nitrogens with two attached hydrogens (primary N) is 1. The van der Waals surface area contributed by atoms with Gasteiger partial charge in [-0.15, -0.1) is 0 Å². The van der Waals surface area contributed by atoms with Crippen LogP contribution in [0, 0.1) is 11.7 Å². The molecule has 2 nitrogen and oxygen atoms in total. The minimum absolute atomic E-state index is 0.249. The Morgan fingerprint density at radius 2 is 2.31 bits per heavy atom. The molecule has 88 valence electrons. The molecule has 1 aliphatic heterocycles. The zero-order valence-electron chi connectivity index (χ0n) is 9.75. The lowest BCUT2D eigenvalue weighted by molar-refractivity contribution is 0.175. The van der Waals surface area contributed by atoms with Gasteiger partial charge in [0, 0.05) is 18.7 Å². The molecule has 2 rings (SSSR count). The van der Waals surface area contributed by atoms with E-state index >= 15 is 0 Å². The summed E-state index contributed by atoms with van der Waals surface area (Å²) in [7, 11) is 0. The molecule has 3 heteroatoms. The predicted molar refractivity (Wildman–Crippen MR) is 64.5 cm³/mol. The first-order chi connectivity index (χ1) is 7.66. The van der Waals surface area contributed by atoms with Crippen LogP contribution in [0.1, 0.15) is 25.3 Å². The molecule has 0 saturated carbocycles. The maximum atomic E-state index is 13.7. The van der Waals surface area contributed by atoms with Crippen molar-refractivity contribution in [3.63, 3.8) is 0 Å². The van der Waals surface area contributed by atoms with Crippen molar-refractivity contribution in [2.45, 2.75) is 26.3 Å². The van der Waals surface area contributed by atoms with Crippen LogP contribution in [0.3, 0.4) is 0 Å². The topological polar surface area (TPSA) is 29.3 Å². The van der Waals surface area contributed by atoms with E-state index in [1.807, 2.05) is 12.1 Å². The molecule has 0 aromatic heterocycles. The van der Waals surface area contributed by atoms with Gasteiger partial charge >= 0.3 is 0 Å². The summed E-state index contributed by atoms with van der Waals surface area (Å²) in [5.74, 6) is 0.471. The first-order valence-electron chi connectivity index (χ1n) is 5.92. The summed E-state index contributed by atoms with van der Waals surface area (Å²) >= 11 is 0. The van der Waals surface area contributed by atoms with Crippen molar-refractivity contribution >= 4 is 5.69 Å². The van der Waals surface area contributed by atoms with Crippen LogP contribution in [0.15, 0.2) is 18.2 Å². The quantitative estimate of drug-likeness (QED) is 0.779. The van der Waals surface area contributed by atoms with Gasteiger partial charge in [-0.3, -0.25) is 4.90 Å². The largest absolute Gasteiger partial charge is 0.396 e. The van der Waals surface area contributed by atoms with E-state index in [2.05, 4.69) is 11.8 Å². The van der Waals surface area contributed by atoms with Crippen LogP contribution in [-0.4, -0.2) is 18.0 Å². The van der Waals surface area contributed by atoms with E-state index in [4.69, 9.17) is 5.73 Å². The minimum atomic E-state index is -0.249. The van der Waals surface area contributed by atoms with Crippen molar-refractivity contribution in [2.24, 2.45) is 5.92 Å². The number of hydrogen-bond donors (Lipinski definition) is 1. The van der Waals surface area contributed by atoms with Crippen LogP contribution in [0.4, 0.5) is 10.1 Å². The fourth-order valence-corrected chi connectivity index (χ4v) is 2.39. The molecule has 2 N–H and O–H groups in total. The lowest BCUT2D eigenvalue weighted by Crippen LogP contribution is -2.34. The maximum absolute atomic E-state index is 13.7. The van der Waals surface area contributed by atoms with Crippen LogP contribution in [-0.2, 0) is 6.54 Å². The first-order valence-corrected chi connectivity index (χ1v) is 5.92. The summed E-state index contributed by atoms with van der Waals surface area (Å²) < 4.78 is 13.7. The van der Waals surface area contributed by atoms with Gasteiger partial charge in [0.05, 0.1) is 5.69 Å². The van der Waals surface area contributed by atoms with E-state index in [-0.39, 0.29) is 11.5 Å². The molecular formula is C13H19FN2. The minimum Gasteiger partial charge on any atom is -0.396 e. The van der Waals surface area contributed by atoms with Crippen molar-refractivity contribution in [1.82, 2.24) is 4.90 Å². The number of piperidine rings is 1. The number of anilines is 1. The van der Waals surface area contributed by atoms with Crippen LogP contribution >= 0.6 is 0 Å². The van der Waals surface area contributed by atoms with Crippen molar-refractivity contribution in [1.29, 1.82) is 0 Å². The number of nitrogen functional groups attached to an aromatic ring is 1. The van der Waals surface area contributed by atoms with E-state index in [1.165, 1.54) is 12.8 Å². The molecule has 1 fully saturated rings. The fourth-order valence-electron chi connectivity index (χ4n) is 2.39. The van der Waals surface area contributed by atoms with Crippen molar-refractivity contribution < 1.29 is 4.39 Å². The second-order valence-electron chi connectivity index (χ2n) is 4.80. The molecule has 0 radical (unpaired) electrons. The summed E-state index contributed by atoms with van der Waals surface area (Å²) in [4.78, 5) is 2.31. The Morgan fingerprint density at radius 3 is 3.06 bits per heavy atom. The molecular weight excluding hydrogens is 203 g/mol. The Kier molecular flexibility index (Phi) is 3.44. The molecule has 1 atom stereocenters.